The Morgan fingerprint density at radius 3 is 2.75 bits per heavy atom. The highest BCUT2D eigenvalue weighted by atomic mass is 79.9. The van der Waals surface area contributed by atoms with Crippen LogP contribution in [0.3, 0.4) is 0 Å². The predicted molar refractivity (Wildman–Crippen MR) is 98.6 cm³/mol. The van der Waals surface area contributed by atoms with E-state index in [1.807, 2.05) is 12.3 Å². The lowest BCUT2D eigenvalue weighted by molar-refractivity contribution is 0.0743. The molecule has 5 rings (SSSR count). The molecule has 2 aliphatic rings. The summed E-state index contributed by atoms with van der Waals surface area (Å²) >= 11 is 3.85. The van der Waals surface area contributed by atoms with Gasteiger partial charge in [-0.15, -0.1) is 0 Å². The van der Waals surface area contributed by atoms with Gasteiger partial charge in [0.25, 0.3) is 0 Å². The third kappa shape index (κ3) is 2.05. The molecule has 3 heterocycles. The molecule has 2 N–H and O–H groups in total. The standard InChI is InChI=1S/C18H21BrN4O/c1-9-4-10-6-12(19)7-11(5-9)15(10)23-16-13-2-3-20-17(13)21-8-14(16)22-18(23)24/h2-3,8-12,15H,4-7H2,1H3,(H,20,21)(H,22,24)/t9?,10-,11+,12?,15-. The van der Waals surface area contributed by atoms with Crippen LogP contribution >= 0.6 is 15.9 Å². The van der Waals surface area contributed by atoms with Gasteiger partial charge in [0.05, 0.1) is 17.2 Å². The maximum absolute atomic E-state index is 12.9. The fourth-order valence-corrected chi connectivity index (χ4v) is 6.31. The Balaban J connectivity index is 1.75. The third-order valence-corrected chi connectivity index (χ3v) is 6.80. The predicted octanol–water partition coefficient (Wildman–Crippen LogP) is 3.97. The molecule has 0 spiro atoms. The molecule has 0 aromatic carbocycles. The number of imidazole rings is 1. The van der Waals surface area contributed by atoms with Gasteiger partial charge in [-0.3, -0.25) is 4.57 Å². The van der Waals surface area contributed by atoms with E-state index in [1.54, 1.807) is 6.20 Å². The number of fused-ring (bicyclic) bond motifs is 5. The Hall–Kier alpha value is -1.56. The lowest BCUT2D eigenvalue weighted by Gasteiger charge is -2.47. The SMILES string of the molecule is CC1C[C@@H]2CC(Br)C[C@H](C1)[C@@H]2n1c(=O)[nH]c2cnc3[nH]ccc3c21. The molecule has 0 amide bonds. The summed E-state index contributed by atoms with van der Waals surface area (Å²) in [6.45, 7) is 2.36. The van der Waals surface area contributed by atoms with Gasteiger partial charge in [0.15, 0.2) is 0 Å². The zero-order chi connectivity index (χ0) is 16.4. The third-order valence-electron chi connectivity index (χ3n) is 6.05. The number of rotatable bonds is 1. The first-order valence-corrected chi connectivity index (χ1v) is 9.73. The van der Waals surface area contributed by atoms with Gasteiger partial charge in [0, 0.05) is 22.5 Å². The summed E-state index contributed by atoms with van der Waals surface area (Å²) in [4.78, 5) is 24.1. The van der Waals surface area contributed by atoms with Crippen molar-refractivity contribution in [3.05, 3.63) is 28.9 Å². The smallest absolute Gasteiger partial charge is 0.326 e. The highest BCUT2D eigenvalue weighted by Gasteiger charge is 2.44. The molecule has 2 bridgehead atoms. The van der Waals surface area contributed by atoms with E-state index in [4.69, 9.17) is 0 Å². The molecule has 24 heavy (non-hydrogen) atoms. The molecule has 2 unspecified atom stereocenters. The summed E-state index contributed by atoms with van der Waals surface area (Å²) in [5, 5.41) is 1.04. The second-order valence-corrected chi connectivity index (χ2v) is 9.01. The van der Waals surface area contributed by atoms with Crippen LogP contribution in [0.15, 0.2) is 23.3 Å². The van der Waals surface area contributed by atoms with Gasteiger partial charge in [-0.05, 0) is 49.5 Å². The fraction of sp³-hybridized carbons (Fsp3) is 0.556. The van der Waals surface area contributed by atoms with Crippen LogP contribution in [-0.4, -0.2) is 24.3 Å². The summed E-state index contributed by atoms with van der Waals surface area (Å²) in [5.41, 5.74) is 2.74. The molecule has 5 atom stereocenters. The number of aromatic nitrogens is 4. The fourth-order valence-electron chi connectivity index (χ4n) is 5.35. The van der Waals surface area contributed by atoms with E-state index < -0.39 is 0 Å². The van der Waals surface area contributed by atoms with E-state index in [0.717, 1.165) is 40.8 Å². The number of H-pyrrole nitrogens is 2. The van der Waals surface area contributed by atoms with Gasteiger partial charge in [0.2, 0.25) is 0 Å². The molecule has 5 nitrogen and oxygen atoms in total. The van der Waals surface area contributed by atoms with Gasteiger partial charge in [-0.2, -0.15) is 0 Å². The summed E-state index contributed by atoms with van der Waals surface area (Å²) in [5.74, 6) is 1.89. The summed E-state index contributed by atoms with van der Waals surface area (Å²) < 4.78 is 2.06. The highest BCUT2D eigenvalue weighted by molar-refractivity contribution is 9.09. The maximum atomic E-state index is 12.9. The van der Waals surface area contributed by atoms with Crippen molar-refractivity contribution in [1.29, 1.82) is 0 Å². The highest BCUT2D eigenvalue weighted by Crippen LogP contribution is 2.51. The Bertz CT molecular complexity index is 940. The second kappa shape index (κ2) is 5.22. The number of pyridine rings is 1. The minimum Gasteiger partial charge on any atom is -0.346 e. The van der Waals surface area contributed by atoms with Crippen molar-refractivity contribution in [2.45, 2.75) is 43.5 Å². The van der Waals surface area contributed by atoms with Crippen LogP contribution in [0.5, 0.6) is 0 Å². The van der Waals surface area contributed by atoms with Crippen LogP contribution in [0.2, 0.25) is 0 Å². The number of nitrogens with zero attached hydrogens (tertiary/aromatic N) is 2. The number of alkyl halides is 1. The first kappa shape index (κ1) is 14.8. The second-order valence-electron chi connectivity index (χ2n) is 7.72. The molecule has 3 aromatic rings. The average Bonchev–Trinajstić information content (AvgIpc) is 3.09. The van der Waals surface area contributed by atoms with Crippen molar-refractivity contribution >= 4 is 38.0 Å². The maximum Gasteiger partial charge on any atom is 0.326 e. The molecule has 2 aliphatic carbocycles. The van der Waals surface area contributed by atoms with Crippen LogP contribution in [0.4, 0.5) is 0 Å². The first-order valence-electron chi connectivity index (χ1n) is 8.82. The Morgan fingerprint density at radius 2 is 2.00 bits per heavy atom. The van der Waals surface area contributed by atoms with Crippen LogP contribution < -0.4 is 5.69 Å². The van der Waals surface area contributed by atoms with Crippen LogP contribution in [0.25, 0.3) is 22.1 Å². The van der Waals surface area contributed by atoms with Gasteiger partial charge < -0.3 is 9.97 Å². The summed E-state index contributed by atoms with van der Waals surface area (Å²) in [6.07, 6.45) is 8.42. The molecule has 126 valence electrons. The molecule has 0 radical (unpaired) electrons. The molecule has 0 saturated heterocycles. The van der Waals surface area contributed by atoms with Crippen molar-refractivity contribution in [2.75, 3.05) is 0 Å². The van der Waals surface area contributed by atoms with E-state index in [-0.39, 0.29) is 5.69 Å². The lowest BCUT2D eigenvalue weighted by Crippen LogP contribution is -2.43. The van der Waals surface area contributed by atoms with Gasteiger partial charge in [0.1, 0.15) is 5.65 Å². The summed E-state index contributed by atoms with van der Waals surface area (Å²) in [7, 11) is 0. The van der Waals surface area contributed by atoms with Gasteiger partial charge in [-0.25, -0.2) is 9.78 Å². The van der Waals surface area contributed by atoms with Crippen molar-refractivity contribution < 1.29 is 0 Å². The Kier molecular flexibility index (Phi) is 3.21. The largest absolute Gasteiger partial charge is 0.346 e. The topological polar surface area (TPSA) is 66.5 Å². The number of nitrogens with one attached hydrogen (secondary N) is 2. The normalized spacial score (nSPS) is 33.3. The minimum atomic E-state index is 0.0167. The molecular formula is C18H21BrN4O. The van der Waals surface area contributed by atoms with Gasteiger partial charge >= 0.3 is 5.69 Å². The molecule has 3 aromatic heterocycles. The van der Waals surface area contributed by atoms with E-state index in [0.29, 0.717) is 22.7 Å². The molecule has 2 saturated carbocycles. The number of halogens is 1. The number of hydrogen-bond acceptors (Lipinski definition) is 2. The first-order chi connectivity index (χ1) is 11.6. The molecular weight excluding hydrogens is 368 g/mol. The Labute approximate surface area is 148 Å². The van der Waals surface area contributed by atoms with Gasteiger partial charge in [-0.1, -0.05) is 22.9 Å². The van der Waals surface area contributed by atoms with Crippen LogP contribution in [-0.2, 0) is 0 Å². The van der Waals surface area contributed by atoms with E-state index in [2.05, 4.69) is 42.4 Å². The van der Waals surface area contributed by atoms with Crippen molar-refractivity contribution in [3.8, 4) is 0 Å². The van der Waals surface area contributed by atoms with Crippen molar-refractivity contribution in [3.63, 3.8) is 0 Å². The van der Waals surface area contributed by atoms with E-state index >= 15 is 0 Å². The van der Waals surface area contributed by atoms with Crippen LogP contribution in [0.1, 0.15) is 38.6 Å². The van der Waals surface area contributed by atoms with Crippen molar-refractivity contribution in [2.24, 2.45) is 17.8 Å². The van der Waals surface area contributed by atoms with E-state index in [1.165, 1.54) is 12.8 Å². The van der Waals surface area contributed by atoms with E-state index in [9.17, 15) is 4.79 Å². The zero-order valence-electron chi connectivity index (χ0n) is 13.6. The molecule has 6 heteroatoms. The lowest BCUT2D eigenvalue weighted by atomic mass is 9.65. The average molecular weight is 389 g/mol. The van der Waals surface area contributed by atoms with Crippen LogP contribution in [0, 0.1) is 17.8 Å². The number of hydrogen-bond donors (Lipinski definition) is 2. The quantitative estimate of drug-likeness (QED) is 0.619. The summed E-state index contributed by atoms with van der Waals surface area (Å²) in [6, 6.07) is 2.33. The van der Waals surface area contributed by atoms with Crippen molar-refractivity contribution in [1.82, 2.24) is 19.5 Å². The zero-order valence-corrected chi connectivity index (χ0v) is 15.2. The molecule has 0 aliphatic heterocycles. The minimum absolute atomic E-state index is 0.0167. The Morgan fingerprint density at radius 1 is 1.25 bits per heavy atom. The molecule has 2 fully saturated rings. The monoisotopic (exact) mass is 388 g/mol. The number of aromatic amines is 2.